The van der Waals surface area contributed by atoms with E-state index >= 15 is 0 Å². The molecule has 0 aromatic heterocycles. The fourth-order valence-corrected chi connectivity index (χ4v) is 8.29. The first-order chi connectivity index (χ1) is 32.6. The number of aliphatic hydroxyl groups is 1. The van der Waals surface area contributed by atoms with Crippen molar-refractivity contribution in [2.75, 3.05) is 13.7 Å². The van der Waals surface area contributed by atoms with Gasteiger partial charge < -0.3 is 52.5 Å². The Morgan fingerprint density at radius 3 is 1.42 bits per heavy atom. The number of aliphatic hydroxyl groups excluding tert-OH is 1. The Kier molecular flexibility index (Phi) is 20.0. The summed E-state index contributed by atoms with van der Waals surface area (Å²) < 4.78 is 64.1. The van der Waals surface area contributed by atoms with E-state index in [-0.39, 0.29) is 38.8 Å². The summed E-state index contributed by atoms with van der Waals surface area (Å²) in [6.07, 6.45) is -11.5. The molecule has 12 unspecified atom stereocenters. The van der Waals surface area contributed by atoms with Gasteiger partial charge >= 0.3 is 5.97 Å². The van der Waals surface area contributed by atoms with E-state index in [0.29, 0.717) is 19.3 Å². The molecule has 67 heavy (non-hydrogen) atoms. The normalized spacial score (nSPS) is 31.6. The third-order valence-corrected chi connectivity index (χ3v) is 11.8. The first-order valence-electron chi connectivity index (χ1n) is 22.4. The van der Waals surface area contributed by atoms with E-state index in [1.54, 1.807) is 20.8 Å². The number of carbonyl (C=O) groups excluding carboxylic acids is 1. The highest BCUT2D eigenvalue weighted by molar-refractivity contribution is 5.68. The molecule has 0 bridgehead atoms. The molecule has 3 aromatic rings. The van der Waals surface area contributed by atoms with Crippen LogP contribution in [0.4, 0.5) is 0 Å². The minimum absolute atomic E-state index is 0.0249. The first-order valence-corrected chi connectivity index (χ1v) is 22.4. The fourth-order valence-electron chi connectivity index (χ4n) is 8.29. The largest absolute Gasteiger partial charge is 0.469 e. The van der Waals surface area contributed by atoms with E-state index in [1.807, 2.05) is 91.0 Å². The van der Waals surface area contributed by atoms with Crippen LogP contribution in [0.15, 0.2) is 106 Å². The number of benzene rings is 3. The standard InChI is InChI=1S/C46H59N9O12/c1-28-35(50-53-47)38(57)41(62-27-33-21-13-7-14-22-33)45(64-28)67-43-40(61-26-32-19-11-6-12-20-32)37(52-55-49)30(3)65-46(43)66-42-39(60-25-31-17-9-5-10-18-31)36(51-54-48)29(2)63-44(42)59-24-16-8-15-23-34(56)58-4/h5-7,9-14,17-22,28-30,35-46,57H,8,15-16,23-27H2,1-4H3/t28?,29?,30?,35?,36?,37?,38?,39?,40?,41?,42?,43?,44-,45+,46+/m0/s1. The number of ether oxygens (including phenoxy) is 10. The number of hydrogen-bond acceptors (Lipinski definition) is 15. The van der Waals surface area contributed by atoms with Gasteiger partial charge in [0, 0.05) is 27.8 Å². The molecule has 3 aliphatic heterocycles. The second-order valence-corrected chi connectivity index (χ2v) is 16.4. The van der Waals surface area contributed by atoms with Gasteiger partial charge in [-0.25, -0.2) is 0 Å². The van der Waals surface area contributed by atoms with Crippen molar-refractivity contribution in [2.24, 2.45) is 15.3 Å². The van der Waals surface area contributed by atoms with Gasteiger partial charge in [0.1, 0.15) is 30.5 Å². The summed E-state index contributed by atoms with van der Waals surface area (Å²) in [5, 5.41) is 23.9. The van der Waals surface area contributed by atoms with Crippen LogP contribution < -0.4 is 0 Å². The average molecular weight is 930 g/mol. The molecule has 6 rings (SSSR count). The van der Waals surface area contributed by atoms with Crippen LogP contribution in [0.5, 0.6) is 0 Å². The maximum absolute atomic E-state index is 11.8. The minimum Gasteiger partial charge on any atom is -0.469 e. The molecule has 21 heteroatoms. The highest BCUT2D eigenvalue weighted by Gasteiger charge is 2.55. The number of hydrogen-bond donors (Lipinski definition) is 1. The van der Waals surface area contributed by atoms with Crippen molar-refractivity contribution in [3.63, 3.8) is 0 Å². The predicted molar refractivity (Wildman–Crippen MR) is 239 cm³/mol. The quantitative estimate of drug-likeness (QED) is 0.0312. The highest BCUT2D eigenvalue weighted by Crippen LogP contribution is 2.38. The fraction of sp³-hybridized carbons (Fsp3) is 0.587. The number of rotatable bonds is 23. The van der Waals surface area contributed by atoms with E-state index in [1.165, 1.54) is 7.11 Å². The number of unbranched alkanes of at least 4 members (excludes halogenated alkanes) is 2. The topological polar surface area (TPSA) is 276 Å². The van der Waals surface area contributed by atoms with Crippen molar-refractivity contribution >= 4 is 5.97 Å². The van der Waals surface area contributed by atoms with Crippen molar-refractivity contribution in [3.8, 4) is 0 Å². The molecule has 3 aromatic carbocycles. The van der Waals surface area contributed by atoms with Gasteiger partial charge in [-0.2, -0.15) is 0 Å². The molecule has 0 radical (unpaired) electrons. The van der Waals surface area contributed by atoms with Gasteiger partial charge in [-0.15, -0.1) is 0 Å². The van der Waals surface area contributed by atoms with E-state index < -0.39 is 91.9 Å². The van der Waals surface area contributed by atoms with Crippen molar-refractivity contribution < 1.29 is 57.3 Å². The van der Waals surface area contributed by atoms with Crippen molar-refractivity contribution in [2.45, 2.75) is 158 Å². The molecule has 1 N–H and O–H groups in total. The summed E-state index contributed by atoms with van der Waals surface area (Å²) in [6.45, 7) is 5.45. The average Bonchev–Trinajstić information content (AvgIpc) is 3.34. The van der Waals surface area contributed by atoms with Crippen LogP contribution >= 0.6 is 0 Å². The second-order valence-electron chi connectivity index (χ2n) is 16.4. The monoisotopic (exact) mass is 929 g/mol. The van der Waals surface area contributed by atoms with E-state index in [2.05, 4.69) is 30.1 Å². The lowest BCUT2D eigenvalue weighted by Crippen LogP contribution is -2.66. The minimum atomic E-state index is -1.41. The molecular formula is C46H59N9O12. The van der Waals surface area contributed by atoms with Gasteiger partial charge in [0.25, 0.3) is 0 Å². The van der Waals surface area contributed by atoms with Crippen molar-refractivity contribution in [1.29, 1.82) is 0 Å². The van der Waals surface area contributed by atoms with Gasteiger partial charge in [-0.3, -0.25) is 4.79 Å². The van der Waals surface area contributed by atoms with Crippen LogP contribution in [0.25, 0.3) is 31.3 Å². The summed E-state index contributed by atoms with van der Waals surface area (Å²) in [5.74, 6) is -0.305. The van der Waals surface area contributed by atoms with E-state index in [4.69, 9.17) is 47.4 Å². The maximum Gasteiger partial charge on any atom is 0.305 e. The Bertz CT molecular complexity index is 2120. The molecule has 3 fully saturated rings. The summed E-state index contributed by atoms with van der Waals surface area (Å²) in [6, 6.07) is 25.1. The van der Waals surface area contributed by atoms with Crippen molar-refractivity contribution in [3.05, 3.63) is 139 Å². The van der Waals surface area contributed by atoms with Crippen LogP contribution in [0, 0.1) is 0 Å². The molecule has 0 aliphatic carbocycles. The maximum atomic E-state index is 11.8. The number of methoxy groups -OCH3 is 1. The number of azide groups is 3. The predicted octanol–water partition coefficient (Wildman–Crippen LogP) is 7.90. The molecule has 0 amide bonds. The lowest BCUT2D eigenvalue weighted by atomic mass is 9.94. The second kappa shape index (κ2) is 26.3. The summed E-state index contributed by atoms with van der Waals surface area (Å²) in [7, 11) is 1.35. The number of carbonyl (C=O) groups is 1. The molecule has 3 aliphatic rings. The Morgan fingerprint density at radius 1 is 0.552 bits per heavy atom. The Labute approximate surface area is 388 Å². The zero-order chi connectivity index (χ0) is 47.5. The molecule has 21 nitrogen and oxygen atoms in total. The Balaban J connectivity index is 1.39. The zero-order valence-electron chi connectivity index (χ0n) is 37.9. The van der Waals surface area contributed by atoms with Crippen molar-refractivity contribution in [1.82, 2.24) is 0 Å². The van der Waals surface area contributed by atoms with Crippen LogP contribution in [0.1, 0.15) is 63.1 Å². The Hall–Kier alpha value is -5.34. The number of nitrogens with zero attached hydrogens (tertiary/aromatic N) is 9. The van der Waals surface area contributed by atoms with Crippen LogP contribution in [-0.4, -0.2) is 117 Å². The molecule has 3 heterocycles. The lowest BCUT2D eigenvalue weighted by Gasteiger charge is -2.50. The van der Waals surface area contributed by atoms with Gasteiger partial charge in [0.05, 0.1) is 69.5 Å². The molecule has 360 valence electrons. The third kappa shape index (κ3) is 14.1. The molecule has 3 saturated heterocycles. The van der Waals surface area contributed by atoms with Gasteiger partial charge in [0.15, 0.2) is 18.9 Å². The summed E-state index contributed by atoms with van der Waals surface area (Å²) in [5.41, 5.74) is 31.6. The van der Waals surface area contributed by atoms with Crippen LogP contribution in [0.3, 0.4) is 0 Å². The first kappa shape index (κ1) is 51.1. The SMILES string of the molecule is COC(=O)CCCCCO[C@H]1OC(C)C(N=[N+]=[N-])C(OCc2ccccc2)C1O[C@H]1OC(C)C(N=[N+]=[N-])C(OCc2ccccc2)C1O[C@H]1OC(C)C(N=[N+]=[N-])C(O)C1OCc1ccccc1. The molecular weight excluding hydrogens is 871 g/mol. The zero-order valence-corrected chi connectivity index (χ0v) is 37.9. The van der Waals surface area contributed by atoms with Crippen LogP contribution in [0.2, 0.25) is 0 Å². The third-order valence-electron chi connectivity index (χ3n) is 11.8. The highest BCUT2D eigenvalue weighted by atomic mass is 16.8. The lowest BCUT2D eigenvalue weighted by molar-refractivity contribution is -0.379. The summed E-state index contributed by atoms with van der Waals surface area (Å²) in [4.78, 5) is 21.0. The molecule has 0 spiro atoms. The number of esters is 1. The Morgan fingerprint density at radius 2 is 0.955 bits per heavy atom. The van der Waals surface area contributed by atoms with Gasteiger partial charge in [-0.05, 0) is 66.9 Å². The van der Waals surface area contributed by atoms with Gasteiger partial charge in [-0.1, -0.05) is 113 Å². The summed E-state index contributed by atoms with van der Waals surface area (Å²) >= 11 is 0. The van der Waals surface area contributed by atoms with Crippen LogP contribution in [-0.2, 0) is 72.0 Å². The smallest absolute Gasteiger partial charge is 0.305 e. The van der Waals surface area contributed by atoms with Gasteiger partial charge in [0.2, 0.25) is 0 Å². The molecule has 15 atom stereocenters. The van der Waals surface area contributed by atoms with E-state index in [9.17, 15) is 26.5 Å². The molecule has 0 saturated carbocycles. The van der Waals surface area contributed by atoms with E-state index in [0.717, 1.165) is 16.7 Å².